The van der Waals surface area contributed by atoms with Crippen molar-refractivity contribution < 1.29 is 0 Å². The Morgan fingerprint density at radius 2 is 1.15 bits per heavy atom. The average Bonchev–Trinajstić information content (AvgIpc) is 3.22. The maximum atomic E-state index is 4.48. The van der Waals surface area contributed by atoms with E-state index in [0.717, 1.165) is 0 Å². The van der Waals surface area contributed by atoms with Crippen molar-refractivity contribution >= 4 is 38.5 Å². The Hall–Kier alpha value is -4.69. The number of hydrogen-bond acceptors (Lipinski definition) is 2. The highest BCUT2D eigenvalue weighted by Gasteiger charge is 2.37. The lowest BCUT2D eigenvalue weighted by Gasteiger charge is -2.25. The van der Waals surface area contributed by atoms with E-state index >= 15 is 0 Å². The minimum absolute atomic E-state index is 0.0176. The molecule has 1 unspecified atom stereocenters. The summed E-state index contributed by atoms with van der Waals surface area (Å²) < 4.78 is 0. The number of benzene rings is 6. The van der Waals surface area contributed by atoms with Gasteiger partial charge in [-0.05, 0) is 77.3 Å². The Labute approximate surface area is 228 Å². The molecule has 0 saturated carbocycles. The lowest BCUT2D eigenvalue weighted by atomic mass is 9.79. The standard InChI is InChI=1S/C37H28N2/c1-37(2)31-18-10-9-17-29(31)35-24-12-4-3-11-23(24)30(21-32(35)37)34-25-13-5-7-15-27(25)36(33-22-38-19-20-39-33)28-16-8-6-14-26(28)34/h3-22,33,39H,1-2H3. The molecule has 0 aromatic heterocycles. The zero-order valence-corrected chi connectivity index (χ0v) is 22.1. The Morgan fingerprint density at radius 1 is 0.590 bits per heavy atom. The summed E-state index contributed by atoms with van der Waals surface area (Å²) in [5, 5.41) is 11.2. The van der Waals surface area contributed by atoms with E-state index in [0.29, 0.717) is 0 Å². The number of nitrogens with one attached hydrogen (secondary N) is 1. The minimum Gasteiger partial charge on any atom is -0.378 e. The molecule has 6 aromatic carbocycles. The first-order valence-corrected chi connectivity index (χ1v) is 13.7. The Bertz CT molecular complexity index is 1970. The molecule has 2 aliphatic rings. The molecule has 0 radical (unpaired) electrons. The van der Waals surface area contributed by atoms with Crippen LogP contribution in [0.1, 0.15) is 36.6 Å². The topological polar surface area (TPSA) is 24.4 Å². The van der Waals surface area contributed by atoms with Gasteiger partial charge in [-0.1, -0.05) is 111 Å². The van der Waals surface area contributed by atoms with Gasteiger partial charge >= 0.3 is 0 Å². The molecule has 1 aliphatic carbocycles. The minimum atomic E-state index is -0.0783. The predicted octanol–water partition coefficient (Wildman–Crippen LogP) is 9.31. The van der Waals surface area contributed by atoms with Gasteiger partial charge in [0.15, 0.2) is 0 Å². The lowest BCUT2D eigenvalue weighted by molar-refractivity contribution is 0.661. The van der Waals surface area contributed by atoms with Gasteiger partial charge in [-0.3, -0.25) is 4.99 Å². The van der Waals surface area contributed by atoms with Gasteiger partial charge in [0.25, 0.3) is 0 Å². The molecule has 1 atom stereocenters. The normalized spacial score (nSPS) is 16.9. The van der Waals surface area contributed by atoms with Crippen LogP contribution in [0.3, 0.4) is 0 Å². The highest BCUT2D eigenvalue weighted by molar-refractivity contribution is 6.21. The predicted molar refractivity (Wildman–Crippen MR) is 165 cm³/mol. The van der Waals surface area contributed by atoms with E-state index in [9.17, 15) is 0 Å². The summed E-state index contributed by atoms with van der Waals surface area (Å²) in [4.78, 5) is 4.48. The number of fused-ring (bicyclic) bond motifs is 7. The smallest absolute Gasteiger partial charge is 0.0878 e. The summed E-state index contributed by atoms with van der Waals surface area (Å²) in [6.45, 7) is 4.74. The second-order valence-electron chi connectivity index (χ2n) is 11.2. The summed E-state index contributed by atoms with van der Waals surface area (Å²) in [5.74, 6) is 0. The Kier molecular flexibility index (Phi) is 4.66. The van der Waals surface area contributed by atoms with Crippen LogP contribution in [0, 0.1) is 0 Å². The van der Waals surface area contributed by atoms with E-state index in [4.69, 9.17) is 0 Å². The van der Waals surface area contributed by atoms with Crippen molar-refractivity contribution in [1.29, 1.82) is 0 Å². The van der Waals surface area contributed by atoms with Crippen molar-refractivity contribution in [2.75, 3.05) is 0 Å². The number of rotatable bonds is 2. The van der Waals surface area contributed by atoms with Crippen LogP contribution in [0.5, 0.6) is 0 Å². The van der Waals surface area contributed by atoms with Crippen molar-refractivity contribution in [2.45, 2.75) is 25.3 Å². The quantitative estimate of drug-likeness (QED) is 0.235. The molecule has 39 heavy (non-hydrogen) atoms. The molecule has 1 heterocycles. The van der Waals surface area contributed by atoms with E-state index in [1.54, 1.807) is 0 Å². The third-order valence-electron chi connectivity index (χ3n) is 8.81. The van der Waals surface area contributed by atoms with Gasteiger partial charge < -0.3 is 5.32 Å². The largest absolute Gasteiger partial charge is 0.378 e. The van der Waals surface area contributed by atoms with Gasteiger partial charge in [0.1, 0.15) is 0 Å². The van der Waals surface area contributed by atoms with Gasteiger partial charge in [0, 0.05) is 24.0 Å². The van der Waals surface area contributed by atoms with Gasteiger partial charge in [-0.15, -0.1) is 0 Å². The van der Waals surface area contributed by atoms with E-state index in [2.05, 4.69) is 127 Å². The highest BCUT2D eigenvalue weighted by atomic mass is 14.9. The van der Waals surface area contributed by atoms with Gasteiger partial charge in [0.05, 0.1) is 6.04 Å². The van der Waals surface area contributed by atoms with Crippen LogP contribution in [0.4, 0.5) is 0 Å². The summed E-state index contributed by atoms with van der Waals surface area (Å²) in [5.41, 5.74) is 9.36. The summed E-state index contributed by atoms with van der Waals surface area (Å²) in [6, 6.07) is 38.2. The van der Waals surface area contributed by atoms with Crippen LogP contribution in [-0.4, -0.2) is 6.21 Å². The molecule has 0 bridgehead atoms. The Balaban J connectivity index is 1.54. The number of aliphatic imine (C=N–C) groups is 1. The molecule has 0 spiro atoms. The van der Waals surface area contributed by atoms with Crippen LogP contribution in [-0.2, 0) is 5.41 Å². The monoisotopic (exact) mass is 500 g/mol. The molecule has 186 valence electrons. The first-order valence-electron chi connectivity index (χ1n) is 13.7. The zero-order valence-electron chi connectivity index (χ0n) is 22.1. The van der Waals surface area contributed by atoms with Crippen LogP contribution in [0.15, 0.2) is 121 Å². The fraction of sp³-hybridized carbons (Fsp3) is 0.108. The van der Waals surface area contributed by atoms with Crippen molar-refractivity contribution in [3.8, 4) is 22.3 Å². The molecular weight excluding hydrogens is 472 g/mol. The zero-order chi connectivity index (χ0) is 26.1. The first-order chi connectivity index (χ1) is 19.1. The maximum Gasteiger partial charge on any atom is 0.0878 e. The molecule has 0 amide bonds. The second kappa shape index (κ2) is 8.15. The first kappa shape index (κ1) is 22.3. The van der Waals surface area contributed by atoms with Crippen LogP contribution >= 0.6 is 0 Å². The van der Waals surface area contributed by atoms with Crippen LogP contribution < -0.4 is 5.32 Å². The molecule has 0 fully saturated rings. The van der Waals surface area contributed by atoms with Crippen molar-refractivity contribution in [1.82, 2.24) is 5.32 Å². The number of nitrogens with zero attached hydrogens (tertiary/aromatic N) is 1. The molecule has 1 N–H and O–H groups in total. The fourth-order valence-electron chi connectivity index (χ4n) is 7.07. The SMILES string of the molecule is CC1(C)c2ccccc2-c2c1cc(-c1c3ccccc3c(C3C=NC=CN3)c3ccccc13)c1ccccc21. The summed E-state index contributed by atoms with van der Waals surface area (Å²) in [7, 11) is 0. The second-order valence-corrected chi connectivity index (χ2v) is 11.2. The fourth-order valence-corrected chi connectivity index (χ4v) is 7.07. The third kappa shape index (κ3) is 3.06. The highest BCUT2D eigenvalue weighted by Crippen LogP contribution is 2.54. The van der Waals surface area contributed by atoms with Gasteiger partial charge in [-0.25, -0.2) is 0 Å². The summed E-state index contributed by atoms with van der Waals surface area (Å²) in [6.07, 6.45) is 5.76. The van der Waals surface area contributed by atoms with Crippen LogP contribution in [0.2, 0.25) is 0 Å². The molecule has 2 heteroatoms. The van der Waals surface area contributed by atoms with E-state index < -0.39 is 0 Å². The van der Waals surface area contributed by atoms with Crippen LogP contribution in [0.25, 0.3) is 54.6 Å². The third-order valence-corrected chi connectivity index (χ3v) is 8.81. The molecular formula is C37H28N2. The van der Waals surface area contributed by atoms with Crippen molar-refractivity contribution in [3.63, 3.8) is 0 Å². The summed E-state index contributed by atoms with van der Waals surface area (Å²) >= 11 is 0. The lowest BCUT2D eigenvalue weighted by Crippen LogP contribution is -2.19. The molecule has 2 nitrogen and oxygen atoms in total. The molecule has 8 rings (SSSR count). The average molecular weight is 501 g/mol. The van der Waals surface area contributed by atoms with Gasteiger partial charge in [-0.2, -0.15) is 0 Å². The van der Waals surface area contributed by atoms with E-state index in [-0.39, 0.29) is 11.5 Å². The van der Waals surface area contributed by atoms with Gasteiger partial charge in [0.2, 0.25) is 0 Å². The molecule has 1 aliphatic heterocycles. The van der Waals surface area contributed by atoms with E-state index in [1.807, 2.05) is 18.6 Å². The number of hydrogen-bond donors (Lipinski definition) is 1. The van der Waals surface area contributed by atoms with Crippen molar-refractivity contribution in [3.05, 3.63) is 132 Å². The molecule has 0 saturated heterocycles. The van der Waals surface area contributed by atoms with Crippen molar-refractivity contribution in [2.24, 2.45) is 4.99 Å². The molecule has 6 aromatic rings. The maximum absolute atomic E-state index is 4.48. The van der Waals surface area contributed by atoms with E-state index in [1.165, 1.54) is 71.3 Å². The Morgan fingerprint density at radius 3 is 1.79 bits per heavy atom.